The van der Waals surface area contributed by atoms with E-state index in [0.29, 0.717) is 25.5 Å². The summed E-state index contributed by atoms with van der Waals surface area (Å²) in [6.07, 6.45) is 0.802. The number of fused-ring (bicyclic) bond motifs is 1. The van der Waals surface area contributed by atoms with E-state index >= 15 is 0 Å². The number of carbonyl (C=O) groups is 1. The van der Waals surface area contributed by atoms with E-state index in [2.05, 4.69) is 25.7 Å². The van der Waals surface area contributed by atoms with Gasteiger partial charge in [-0.15, -0.1) is 0 Å². The summed E-state index contributed by atoms with van der Waals surface area (Å²) in [6.45, 7) is 6.85. The number of ether oxygens (including phenoxy) is 1. The van der Waals surface area contributed by atoms with Crippen molar-refractivity contribution in [2.24, 2.45) is 0 Å². The highest BCUT2D eigenvalue weighted by molar-refractivity contribution is 5.93. The van der Waals surface area contributed by atoms with Crippen LogP contribution in [-0.2, 0) is 17.8 Å². The first-order valence-corrected chi connectivity index (χ1v) is 7.20. The zero-order valence-electron chi connectivity index (χ0n) is 11.6. The molecule has 1 saturated heterocycles. The Labute approximate surface area is 118 Å². The minimum Gasteiger partial charge on any atom is -0.376 e. The van der Waals surface area contributed by atoms with Crippen LogP contribution < -0.4 is 10.6 Å². The average molecular weight is 279 g/mol. The number of amides is 1. The van der Waals surface area contributed by atoms with E-state index in [1.165, 1.54) is 0 Å². The van der Waals surface area contributed by atoms with Crippen molar-refractivity contribution in [1.82, 2.24) is 25.7 Å². The molecule has 1 fully saturated rings. The van der Waals surface area contributed by atoms with Gasteiger partial charge < -0.3 is 15.4 Å². The van der Waals surface area contributed by atoms with Gasteiger partial charge in [-0.2, -0.15) is 5.10 Å². The number of H-pyrrole nitrogens is 1. The fourth-order valence-corrected chi connectivity index (χ4v) is 2.65. The summed E-state index contributed by atoms with van der Waals surface area (Å²) in [7, 11) is 0. The number of aromatic amines is 1. The first-order chi connectivity index (χ1) is 9.84. The van der Waals surface area contributed by atoms with Crippen LogP contribution in [0.15, 0.2) is 0 Å². The number of hydrogen-bond donors (Lipinski definition) is 3. The van der Waals surface area contributed by atoms with Crippen LogP contribution in [0.5, 0.6) is 0 Å². The molecule has 1 aromatic rings. The van der Waals surface area contributed by atoms with Crippen LogP contribution in [0.1, 0.15) is 21.7 Å². The van der Waals surface area contributed by atoms with Crippen LogP contribution in [0, 0.1) is 0 Å². The summed E-state index contributed by atoms with van der Waals surface area (Å²) in [4.78, 5) is 14.5. The Morgan fingerprint density at radius 1 is 1.40 bits per heavy atom. The molecule has 0 bridgehead atoms. The summed E-state index contributed by atoms with van der Waals surface area (Å²) in [5.74, 6) is -0.108. The lowest BCUT2D eigenvalue weighted by atomic mass is 10.1. The largest absolute Gasteiger partial charge is 0.376 e. The summed E-state index contributed by atoms with van der Waals surface area (Å²) in [5.41, 5.74) is 2.43. The smallest absolute Gasteiger partial charge is 0.272 e. The number of nitrogens with one attached hydrogen (secondary N) is 3. The highest BCUT2D eigenvalue weighted by Crippen LogP contribution is 2.17. The Balaban J connectivity index is 1.50. The first kappa shape index (κ1) is 13.5. The maximum Gasteiger partial charge on any atom is 0.272 e. The number of rotatable bonds is 4. The third-order valence-electron chi connectivity index (χ3n) is 3.83. The van der Waals surface area contributed by atoms with Crippen LogP contribution in [0.25, 0.3) is 0 Å². The van der Waals surface area contributed by atoms with Gasteiger partial charge in [0, 0.05) is 56.9 Å². The van der Waals surface area contributed by atoms with E-state index in [1.54, 1.807) is 0 Å². The van der Waals surface area contributed by atoms with E-state index in [9.17, 15) is 4.79 Å². The topological polar surface area (TPSA) is 82.3 Å². The van der Waals surface area contributed by atoms with Crippen LogP contribution in [0.3, 0.4) is 0 Å². The molecule has 2 aliphatic heterocycles. The molecule has 7 nitrogen and oxygen atoms in total. The van der Waals surface area contributed by atoms with Gasteiger partial charge in [0.05, 0.1) is 13.2 Å². The van der Waals surface area contributed by atoms with Crippen molar-refractivity contribution in [3.8, 4) is 0 Å². The summed E-state index contributed by atoms with van der Waals surface area (Å²) >= 11 is 0. The second-order valence-corrected chi connectivity index (χ2v) is 5.18. The molecule has 0 aromatic carbocycles. The molecule has 0 spiro atoms. The van der Waals surface area contributed by atoms with Gasteiger partial charge in [0.2, 0.25) is 0 Å². The van der Waals surface area contributed by atoms with E-state index < -0.39 is 0 Å². The Morgan fingerprint density at radius 3 is 3.10 bits per heavy atom. The predicted octanol–water partition coefficient (Wildman–Crippen LogP) is -0.883. The van der Waals surface area contributed by atoms with E-state index in [-0.39, 0.29) is 5.91 Å². The van der Waals surface area contributed by atoms with Gasteiger partial charge in [-0.1, -0.05) is 0 Å². The molecule has 2 aliphatic rings. The van der Waals surface area contributed by atoms with Crippen LogP contribution in [0.2, 0.25) is 0 Å². The molecule has 1 amide bonds. The standard InChI is InChI=1S/C13H21N5O2/c19-13(15-4-7-18-5-2-14-3-6-18)12-10-9-20-8-1-11(10)16-17-12/h14H,1-9H2,(H,15,19)(H,16,17). The zero-order chi connectivity index (χ0) is 13.8. The maximum absolute atomic E-state index is 12.1. The molecule has 7 heteroatoms. The van der Waals surface area contributed by atoms with Gasteiger partial charge in [-0.25, -0.2) is 0 Å². The average Bonchev–Trinajstić information content (AvgIpc) is 2.92. The predicted molar refractivity (Wildman–Crippen MR) is 73.6 cm³/mol. The van der Waals surface area contributed by atoms with Crippen LogP contribution >= 0.6 is 0 Å². The van der Waals surface area contributed by atoms with Gasteiger partial charge in [-0.05, 0) is 0 Å². The van der Waals surface area contributed by atoms with Gasteiger partial charge in [0.1, 0.15) is 0 Å². The number of aromatic nitrogens is 2. The molecule has 1 aromatic heterocycles. The number of piperazine rings is 1. The van der Waals surface area contributed by atoms with Gasteiger partial charge in [-0.3, -0.25) is 14.8 Å². The van der Waals surface area contributed by atoms with Crippen molar-refractivity contribution in [2.45, 2.75) is 13.0 Å². The lowest BCUT2D eigenvalue weighted by molar-refractivity contribution is 0.0919. The van der Waals surface area contributed by atoms with E-state index in [1.807, 2.05) is 0 Å². The minimum absolute atomic E-state index is 0.108. The fraction of sp³-hybridized carbons (Fsp3) is 0.692. The van der Waals surface area contributed by atoms with Crippen molar-refractivity contribution in [2.75, 3.05) is 45.9 Å². The van der Waals surface area contributed by atoms with Crippen molar-refractivity contribution in [1.29, 1.82) is 0 Å². The SMILES string of the molecule is O=C(NCCN1CCNCC1)c1n[nH]c2c1COCC2. The number of carbonyl (C=O) groups excluding carboxylic acids is 1. The van der Waals surface area contributed by atoms with Crippen molar-refractivity contribution in [3.63, 3.8) is 0 Å². The molecule has 0 radical (unpaired) electrons. The molecule has 0 saturated carbocycles. The van der Waals surface area contributed by atoms with Crippen molar-refractivity contribution < 1.29 is 9.53 Å². The molecule has 3 N–H and O–H groups in total. The van der Waals surface area contributed by atoms with E-state index in [0.717, 1.165) is 50.4 Å². The van der Waals surface area contributed by atoms with Gasteiger partial charge >= 0.3 is 0 Å². The normalized spacial score (nSPS) is 19.6. The fourth-order valence-electron chi connectivity index (χ4n) is 2.65. The Hall–Kier alpha value is -1.44. The maximum atomic E-state index is 12.1. The molecule has 20 heavy (non-hydrogen) atoms. The molecule has 0 aliphatic carbocycles. The third kappa shape index (κ3) is 3.00. The molecule has 3 heterocycles. The quantitative estimate of drug-likeness (QED) is 0.666. The Bertz CT molecular complexity index is 467. The molecular formula is C13H21N5O2. The second kappa shape index (κ2) is 6.34. The minimum atomic E-state index is -0.108. The second-order valence-electron chi connectivity index (χ2n) is 5.18. The number of nitrogens with zero attached hydrogens (tertiary/aromatic N) is 2. The summed E-state index contributed by atoms with van der Waals surface area (Å²) in [5, 5.41) is 13.3. The van der Waals surface area contributed by atoms with Gasteiger partial charge in [0.25, 0.3) is 5.91 Å². The molecular weight excluding hydrogens is 258 g/mol. The van der Waals surface area contributed by atoms with Crippen molar-refractivity contribution >= 4 is 5.91 Å². The molecule has 3 rings (SSSR count). The van der Waals surface area contributed by atoms with Crippen molar-refractivity contribution in [3.05, 3.63) is 17.0 Å². The molecule has 110 valence electrons. The molecule has 0 unspecified atom stereocenters. The van der Waals surface area contributed by atoms with Gasteiger partial charge in [0.15, 0.2) is 5.69 Å². The summed E-state index contributed by atoms with van der Waals surface area (Å²) in [6, 6.07) is 0. The lowest BCUT2D eigenvalue weighted by Crippen LogP contribution is -2.46. The first-order valence-electron chi connectivity index (χ1n) is 7.20. The van der Waals surface area contributed by atoms with Crippen LogP contribution in [-0.4, -0.2) is 66.9 Å². The summed E-state index contributed by atoms with van der Waals surface area (Å²) < 4.78 is 5.39. The zero-order valence-corrected chi connectivity index (χ0v) is 11.6. The lowest BCUT2D eigenvalue weighted by Gasteiger charge is -2.27. The number of hydrogen-bond acceptors (Lipinski definition) is 5. The Kier molecular flexibility index (Phi) is 4.29. The van der Waals surface area contributed by atoms with Crippen LogP contribution in [0.4, 0.5) is 0 Å². The van der Waals surface area contributed by atoms with E-state index in [4.69, 9.17) is 4.74 Å². The highest BCUT2D eigenvalue weighted by Gasteiger charge is 2.22. The Morgan fingerprint density at radius 2 is 2.25 bits per heavy atom. The highest BCUT2D eigenvalue weighted by atomic mass is 16.5. The molecule has 0 atom stereocenters. The third-order valence-corrected chi connectivity index (χ3v) is 3.83. The monoisotopic (exact) mass is 279 g/mol.